The molecule has 0 aliphatic carbocycles. The van der Waals surface area contributed by atoms with Gasteiger partial charge in [-0.3, -0.25) is 0 Å². The van der Waals surface area contributed by atoms with Crippen LogP contribution in [0.15, 0.2) is 0 Å². The molecular weight excluding hydrogens is 232 g/mol. The zero-order valence-corrected chi connectivity index (χ0v) is 11.3. The molecule has 4 nitrogen and oxygen atoms in total. The predicted octanol–water partition coefficient (Wildman–Crippen LogP) is 2.31. The molecule has 0 rings (SSSR count). The standard InChI is InChI=1S/C10H20O2.H2O.O.Ti/c1-10(2,3)8-6-4-5-7-9(11)12;;;/h4-8H2,1-3H3,(H,11,12);1H2;;/q;;;+2/p-2. The van der Waals surface area contributed by atoms with E-state index in [1.807, 2.05) is 0 Å². The van der Waals surface area contributed by atoms with Crippen molar-refractivity contribution in [1.82, 2.24) is 0 Å². The summed E-state index contributed by atoms with van der Waals surface area (Å²) < 4.78 is 22.9. The Morgan fingerprint density at radius 3 is 2.33 bits per heavy atom. The van der Waals surface area contributed by atoms with Crippen LogP contribution in [0.2, 0.25) is 0 Å². The molecule has 0 aliphatic rings. The van der Waals surface area contributed by atoms with Crippen molar-refractivity contribution in [2.24, 2.45) is 5.41 Å². The molecule has 0 aromatic carbocycles. The molecule has 0 aromatic heterocycles. The topological polar surface area (TPSA) is 63.6 Å². The van der Waals surface area contributed by atoms with Crippen LogP contribution in [-0.4, -0.2) is 9.66 Å². The summed E-state index contributed by atoms with van der Waals surface area (Å²) in [6, 6.07) is 0. The van der Waals surface area contributed by atoms with E-state index < -0.39 is 24.6 Å². The predicted molar refractivity (Wildman–Crippen MR) is 51.5 cm³/mol. The molecule has 0 unspecified atom stereocenters. The quantitative estimate of drug-likeness (QED) is 0.582. The SMILES string of the molecule is CC(C)(C)CCCCCC(=O)[O][Ti](=[O])[OH]. The first-order chi connectivity index (χ1) is 6.81. The van der Waals surface area contributed by atoms with E-state index >= 15 is 0 Å². The van der Waals surface area contributed by atoms with Gasteiger partial charge in [0.05, 0.1) is 0 Å². The molecule has 5 heteroatoms. The third-order valence-electron chi connectivity index (χ3n) is 2.01. The molecule has 0 aliphatic heterocycles. The van der Waals surface area contributed by atoms with Gasteiger partial charge in [-0.05, 0) is 0 Å². The van der Waals surface area contributed by atoms with E-state index in [-0.39, 0.29) is 6.42 Å². The first-order valence-corrected chi connectivity index (χ1v) is 7.22. The summed E-state index contributed by atoms with van der Waals surface area (Å²) in [7, 11) is 0. The van der Waals surface area contributed by atoms with Crippen LogP contribution in [0.1, 0.15) is 52.9 Å². The molecule has 0 atom stereocenters. The number of hydrogen-bond acceptors (Lipinski definition) is 3. The van der Waals surface area contributed by atoms with Gasteiger partial charge in [0, 0.05) is 0 Å². The summed E-state index contributed by atoms with van der Waals surface area (Å²) in [4.78, 5) is 10.9. The summed E-state index contributed by atoms with van der Waals surface area (Å²) in [5.41, 5.74) is 0.333. The minimum absolute atomic E-state index is 0.253. The van der Waals surface area contributed by atoms with Gasteiger partial charge >= 0.3 is 98.0 Å². The fourth-order valence-corrected chi connectivity index (χ4v) is 1.71. The van der Waals surface area contributed by atoms with Crippen molar-refractivity contribution >= 4 is 5.97 Å². The summed E-state index contributed by atoms with van der Waals surface area (Å²) >= 11 is -3.65. The molecule has 0 saturated heterocycles. The van der Waals surface area contributed by atoms with E-state index in [1.165, 1.54) is 0 Å². The average Bonchev–Trinajstić information content (AvgIpc) is 1.99. The summed E-state index contributed by atoms with van der Waals surface area (Å²) in [5.74, 6) is -0.543. The number of carbonyl (C=O) groups excluding carboxylic acids is 1. The van der Waals surface area contributed by atoms with Crippen molar-refractivity contribution in [2.75, 3.05) is 0 Å². The van der Waals surface area contributed by atoms with E-state index in [9.17, 15) is 8.12 Å². The van der Waals surface area contributed by atoms with Crippen LogP contribution < -0.4 is 0 Å². The molecule has 0 bridgehead atoms. The Balaban J connectivity index is 3.39. The Labute approximate surface area is 98.1 Å². The third-order valence-corrected chi connectivity index (χ3v) is 2.64. The van der Waals surface area contributed by atoms with Gasteiger partial charge in [-0.15, -0.1) is 0 Å². The second kappa shape index (κ2) is 7.26. The van der Waals surface area contributed by atoms with Crippen LogP contribution in [0.4, 0.5) is 0 Å². The molecule has 0 saturated carbocycles. The summed E-state index contributed by atoms with van der Waals surface area (Å²) in [6.07, 6.45) is 4.16. The van der Waals surface area contributed by atoms with E-state index in [4.69, 9.17) is 3.69 Å². The Morgan fingerprint density at radius 1 is 1.27 bits per heavy atom. The van der Waals surface area contributed by atoms with Crippen LogP contribution in [0.3, 0.4) is 0 Å². The molecule has 0 fully saturated rings. The number of rotatable bonds is 6. The van der Waals surface area contributed by atoms with Crippen LogP contribution in [0.25, 0.3) is 0 Å². The van der Waals surface area contributed by atoms with E-state index in [2.05, 4.69) is 24.1 Å². The van der Waals surface area contributed by atoms with Gasteiger partial charge in [0.1, 0.15) is 0 Å². The van der Waals surface area contributed by atoms with E-state index in [0.717, 1.165) is 25.7 Å². The molecule has 15 heavy (non-hydrogen) atoms. The Bertz CT molecular complexity index is 220. The second-order valence-corrected chi connectivity index (χ2v) is 6.01. The second-order valence-electron chi connectivity index (χ2n) is 4.86. The Hall–Kier alpha value is -0.0557. The average molecular weight is 252 g/mol. The van der Waals surface area contributed by atoms with Crippen molar-refractivity contribution in [3.8, 4) is 0 Å². The summed E-state index contributed by atoms with van der Waals surface area (Å²) in [6.45, 7) is 6.55. The van der Waals surface area contributed by atoms with Crippen molar-refractivity contribution in [3.63, 3.8) is 0 Å². The van der Waals surface area contributed by atoms with Gasteiger partial charge in [0.2, 0.25) is 0 Å². The third kappa shape index (κ3) is 11.9. The maximum atomic E-state index is 10.9. The van der Waals surface area contributed by atoms with E-state index in [0.29, 0.717) is 5.41 Å². The van der Waals surface area contributed by atoms with Crippen molar-refractivity contribution in [3.05, 3.63) is 0 Å². The number of unbranched alkanes of at least 4 members (excludes halogenated alkanes) is 2. The summed E-state index contributed by atoms with van der Waals surface area (Å²) in [5, 5.41) is 0. The number of hydrogen-bond donors (Lipinski definition) is 1. The fraction of sp³-hybridized carbons (Fsp3) is 0.900. The van der Waals surface area contributed by atoms with Gasteiger partial charge in [-0.2, -0.15) is 0 Å². The Morgan fingerprint density at radius 2 is 1.87 bits per heavy atom. The Kier molecular flexibility index (Phi) is 7.23. The zero-order valence-electron chi connectivity index (χ0n) is 9.71. The maximum absolute atomic E-state index is 10.9. The van der Waals surface area contributed by atoms with E-state index in [1.54, 1.807) is 0 Å². The molecular formula is C10H20O4Ti. The van der Waals surface area contributed by atoms with Crippen LogP contribution in [-0.2, 0) is 30.1 Å². The van der Waals surface area contributed by atoms with Gasteiger partial charge in [-0.25, -0.2) is 0 Å². The molecule has 0 radical (unpaired) electrons. The fourth-order valence-electron chi connectivity index (χ4n) is 1.25. The minimum atomic E-state index is -3.65. The number of carbonyl (C=O) groups is 1. The molecule has 0 heterocycles. The van der Waals surface area contributed by atoms with Crippen molar-refractivity contribution < 1.29 is 33.7 Å². The van der Waals surface area contributed by atoms with Crippen LogP contribution in [0.5, 0.6) is 0 Å². The zero-order chi connectivity index (χ0) is 11.9. The van der Waals surface area contributed by atoms with Crippen LogP contribution in [0, 0.1) is 5.41 Å². The first-order valence-electron chi connectivity index (χ1n) is 5.25. The van der Waals surface area contributed by atoms with Crippen molar-refractivity contribution in [1.29, 1.82) is 0 Å². The van der Waals surface area contributed by atoms with Gasteiger partial charge in [-0.1, -0.05) is 0 Å². The normalized spacial score (nSPS) is 11.2. The van der Waals surface area contributed by atoms with Gasteiger partial charge < -0.3 is 0 Å². The molecule has 0 amide bonds. The van der Waals surface area contributed by atoms with Crippen molar-refractivity contribution in [2.45, 2.75) is 52.9 Å². The van der Waals surface area contributed by atoms with Crippen LogP contribution >= 0.6 is 0 Å². The van der Waals surface area contributed by atoms with Gasteiger partial charge in [0.15, 0.2) is 0 Å². The molecule has 1 N–H and O–H groups in total. The molecule has 0 aromatic rings. The molecule has 88 valence electrons. The monoisotopic (exact) mass is 252 g/mol. The van der Waals surface area contributed by atoms with Gasteiger partial charge in [0.25, 0.3) is 0 Å². The first kappa shape index (κ1) is 14.9. The molecule has 0 spiro atoms.